The second kappa shape index (κ2) is 15.3. The number of carbonyl (C=O) groups excluding carboxylic acids is 1. The van der Waals surface area contributed by atoms with Gasteiger partial charge < -0.3 is 4.74 Å². The molecule has 0 atom stereocenters. The van der Waals surface area contributed by atoms with Gasteiger partial charge >= 0.3 is 5.97 Å². The third-order valence-corrected chi connectivity index (χ3v) is 2.35. The predicted molar refractivity (Wildman–Crippen MR) is 98.4 cm³/mol. The molecule has 0 spiro atoms. The average Bonchev–Trinajstić information content (AvgIpc) is 2.61. The first-order valence-corrected chi connectivity index (χ1v) is 6.74. The van der Waals surface area contributed by atoms with Crippen LogP contribution in [0.15, 0.2) is 74.4 Å². The molecule has 1 aromatic carbocycles. The summed E-state index contributed by atoms with van der Waals surface area (Å²) in [6.07, 6.45) is 8.01. The topological polar surface area (TPSA) is 50.1 Å². The molecular weight excluding hydrogens is 286 g/mol. The largest absolute Gasteiger partial charge is 0.466 e. The van der Waals surface area contributed by atoms with Gasteiger partial charge in [0.05, 0.1) is 13.2 Å². The van der Waals surface area contributed by atoms with E-state index in [0.717, 1.165) is 11.1 Å². The summed E-state index contributed by atoms with van der Waals surface area (Å²) >= 11 is 0. The number of methoxy groups -OCH3 is 1. The summed E-state index contributed by atoms with van der Waals surface area (Å²) in [5.41, 5.74) is 2.54. The molecule has 0 saturated carbocycles. The molecule has 0 radical (unpaired) electrons. The van der Waals surface area contributed by atoms with Gasteiger partial charge in [0.2, 0.25) is 0 Å². The Morgan fingerprint density at radius 2 is 1.61 bits per heavy atom. The fourth-order valence-corrected chi connectivity index (χ4v) is 1.28. The zero-order valence-electron chi connectivity index (χ0n) is 13.8. The van der Waals surface area contributed by atoms with Crippen LogP contribution in [0.4, 0.5) is 0 Å². The van der Waals surface area contributed by atoms with E-state index >= 15 is 0 Å². The number of nitrogens with zero attached hydrogens (tertiary/aromatic N) is 1. The van der Waals surface area contributed by atoms with Gasteiger partial charge in [-0.1, -0.05) is 68.8 Å². The molecule has 0 heterocycles. The summed E-state index contributed by atoms with van der Waals surface area (Å²) < 4.78 is 4.62. The van der Waals surface area contributed by atoms with E-state index in [-0.39, 0.29) is 5.97 Å². The molecule has 0 bridgehead atoms. The Morgan fingerprint density at radius 1 is 1.13 bits per heavy atom. The molecule has 1 aromatic rings. The second-order valence-corrected chi connectivity index (χ2v) is 3.96. The summed E-state index contributed by atoms with van der Waals surface area (Å²) in [7, 11) is 1.37. The Balaban J connectivity index is 0. The number of carbonyl (C=O) groups is 1. The minimum Gasteiger partial charge on any atom is -0.466 e. The van der Waals surface area contributed by atoms with Crippen LogP contribution in [-0.4, -0.2) is 13.1 Å². The normalized spacial score (nSPS) is 8.65. The fourth-order valence-electron chi connectivity index (χ4n) is 1.28. The molecule has 0 unspecified atom stereocenters. The maximum absolute atomic E-state index is 11.2. The number of hydrogen-bond acceptors (Lipinski definition) is 3. The van der Waals surface area contributed by atoms with Gasteiger partial charge in [-0.2, -0.15) is 5.26 Å². The molecule has 120 valence electrons. The van der Waals surface area contributed by atoms with Crippen LogP contribution >= 0.6 is 0 Å². The van der Waals surface area contributed by atoms with E-state index in [2.05, 4.69) is 31.1 Å². The first-order chi connectivity index (χ1) is 11.0. The van der Waals surface area contributed by atoms with Crippen molar-refractivity contribution >= 4 is 18.1 Å². The SMILES string of the molecule is C=CC#N.C=CC=C.C=Cc1ccccc1/C=C(\C)C(=O)OC. The van der Waals surface area contributed by atoms with E-state index in [1.807, 2.05) is 24.3 Å². The molecule has 0 saturated heterocycles. The van der Waals surface area contributed by atoms with E-state index in [0.29, 0.717) is 5.57 Å². The summed E-state index contributed by atoms with van der Waals surface area (Å²) in [4.78, 5) is 11.2. The van der Waals surface area contributed by atoms with Crippen molar-refractivity contribution in [1.82, 2.24) is 0 Å². The quantitative estimate of drug-likeness (QED) is 0.342. The van der Waals surface area contributed by atoms with Crippen LogP contribution in [0.3, 0.4) is 0 Å². The van der Waals surface area contributed by atoms with E-state index in [9.17, 15) is 4.79 Å². The maximum Gasteiger partial charge on any atom is 0.333 e. The first kappa shape index (κ1) is 22.2. The molecule has 0 aromatic heterocycles. The number of hydrogen-bond donors (Lipinski definition) is 0. The minimum absolute atomic E-state index is 0.311. The lowest BCUT2D eigenvalue weighted by Crippen LogP contribution is -2.01. The molecule has 0 aliphatic heterocycles. The van der Waals surface area contributed by atoms with Crippen molar-refractivity contribution in [2.75, 3.05) is 7.11 Å². The molecule has 1 rings (SSSR count). The van der Waals surface area contributed by atoms with Crippen molar-refractivity contribution in [2.45, 2.75) is 6.92 Å². The van der Waals surface area contributed by atoms with Crippen LogP contribution in [-0.2, 0) is 9.53 Å². The van der Waals surface area contributed by atoms with Crippen LogP contribution < -0.4 is 0 Å². The van der Waals surface area contributed by atoms with Crippen molar-refractivity contribution in [3.05, 3.63) is 85.5 Å². The van der Waals surface area contributed by atoms with Crippen molar-refractivity contribution in [2.24, 2.45) is 0 Å². The lowest BCUT2D eigenvalue weighted by Gasteiger charge is -2.02. The monoisotopic (exact) mass is 309 g/mol. The van der Waals surface area contributed by atoms with Gasteiger partial charge in [0.25, 0.3) is 0 Å². The predicted octanol–water partition coefficient (Wildman–Crippen LogP) is 4.96. The molecule has 0 fully saturated rings. The number of allylic oxidation sites excluding steroid dienone is 3. The maximum atomic E-state index is 11.2. The Kier molecular flexibility index (Phi) is 14.7. The standard InChI is InChI=1S/C13H14O2.C4H6.C3H3N/c1-4-11-7-5-6-8-12(11)9-10(2)13(14)15-3;1-3-4-2;1-2-3-4/h4-9H,1H2,2-3H3;3-4H,1-2H2;2H,1H2/b10-9+;;. The average molecular weight is 309 g/mol. The van der Waals surface area contributed by atoms with Crippen LogP contribution in [0.5, 0.6) is 0 Å². The van der Waals surface area contributed by atoms with Crippen LogP contribution in [0, 0.1) is 11.3 Å². The molecule has 0 aliphatic carbocycles. The second-order valence-electron chi connectivity index (χ2n) is 3.96. The molecule has 23 heavy (non-hydrogen) atoms. The Bertz CT molecular complexity index is 598. The number of esters is 1. The Hall–Kier alpha value is -3.12. The molecule has 3 nitrogen and oxygen atoms in total. The summed E-state index contributed by atoms with van der Waals surface area (Å²) in [5.74, 6) is -0.311. The van der Waals surface area contributed by atoms with Gasteiger partial charge in [-0.25, -0.2) is 4.79 Å². The van der Waals surface area contributed by atoms with Crippen molar-refractivity contribution in [3.63, 3.8) is 0 Å². The van der Waals surface area contributed by atoms with E-state index in [4.69, 9.17) is 5.26 Å². The first-order valence-electron chi connectivity index (χ1n) is 6.74. The van der Waals surface area contributed by atoms with Crippen LogP contribution in [0.25, 0.3) is 12.2 Å². The van der Waals surface area contributed by atoms with Gasteiger partial charge in [-0.3, -0.25) is 0 Å². The zero-order chi connectivity index (χ0) is 18.1. The van der Waals surface area contributed by atoms with Crippen LogP contribution in [0.1, 0.15) is 18.1 Å². The highest BCUT2D eigenvalue weighted by Crippen LogP contribution is 2.14. The highest BCUT2D eigenvalue weighted by molar-refractivity contribution is 5.93. The van der Waals surface area contributed by atoms with E-state index < -0.39 is 0 Å². The number of nitriles is 1. The van der Waals surface area contributed by atoms with Gasteiger partial charge in [-0.05, 0) is 24.1 Å². The molecule has 0 N–H and O–H groups in total. The van der Waals surface area contributed by atoms with Gasteiger partial charge in [0, 0.05) is 11.6 Å². The van der Waals surface area contributed by atoms with Crippen molar-refractivity contribution in [3.8, 4) is 6.07 Å². The Labute approximate surface area is 139 Å². The summed E-state index contributed by atoms with van der Waals surface area (Å²) in [5, 5.41) is 7.51. The summed E-state index contributed by atoms with van der Waals surface area (Å²) in [6.45, 7) is 15.3. The molecule has 0 aliphatic rings. The molecule has 0 amide bonds. The van der Waals surface area contributed by atoms with E-state index in [1.165, 1.54) is 13.2 Å². The van der Waals surface area contributed by atoms with Gasteiger partial charge in [0.1, 0.15) is 0 Å². The van der Waals surface area contributed by atoms with Crippen molar-refractivity contribution in [1.29, 1.82) is 5.26 Å². The third kappa shape index (κ3) is 11.2. The van der Waals surface area contributed by atoms with E-state index in [1.54, 1.807) is 37.3 Å². The smallest absolute Gasteiger partial charge is 0.333 e. The number of benzene rings is 1. The molecule has 3 heteroatoms. The number of ether oxygens (including phenoxy) is 1. The van der Waals surface area contributed by atoms with Crippen molar-refractivity contribution < 1.29 is 9.53 Å². The van der Waals surface area contributed by atoms with Gasteiger partial charge in [-0.15, -0.1) is 0 Å². The zero-order valence-corrected chi connectivity index (χ0v) is 13.8. The summed E-state index contributed by atoms with van der Waals surface area (Å²) in [6, 6.07) is 9.43. The molecular formula is C20H23NO2. The Morgan fingerprint density at radius 3 is 1.96 bits per heavy atom. The lowest BCUT2D eigenvalue weighted by molar-refractivity contribution is -0.135. The third-order valence-electron chi connectivity index (χ3n) is 2.35. The number of rotatable bonds is 4. The fraction of sp³-hybridized carbons (Fsp3) is 0.100. The van der Waals surface area contributed by atoms with Gasteiger partial charge in [0.15, 0.2) is 0 Å². The lowest BCUT2D eigenvalue weighted by atomic mass is 10.1. The highest BCUT2D eigenvalue weighted by Gasteiger charge is 2.03. The minimum atomic E-state index is -0.311. The van der Waals surface area contributed by atoms with Crippen LogP contribution in [0.2, 0.25) is 0 Å². The highest BCUT2D eigenvalue weighted by atomic mass is 16.5.